The van der Waals surface area contributed by atoms with Crippen molar-refractivity contribution in [3.63, 3.8) is 0 Å². The van der Waals surface area contributed by atoms with Gasteiger partial charge in [0.1, 0.15) is 0 Å². The topological polar surface area (TPSA) is 29.5 Å². The number of allylic oxidation sites excluding steroid dienone is 1. The maximum atomic E-state index is 12.7. The number of hydrogen-bond acceptors (Lipinski definition) is 3. The van der Waals surface area contributed by atoms with Crippen molar-refractivity contribution in [2.24, 2.45) is 17.3 Å². The van der Waals surface area contributed by atoms with Gasteiger partial charge in [0.05, 0.1) is 12.5 Å². The zero-order valence-electron chi connectivity index (χ0n) is 17.3. The molecule has 1 spiro atoms. The molecule has 0 N–H and O–H groups in total. The molecule has 3 fully saturated rings. The summed E-state index contributed by atoms with van der Waals surface area (Å²) >= 11 is 0. The number of hydrogen-bond donors (Lipinski definition) is 0. The predicted molar refractivity (Wildman–Crippen MR) is 112 cm³/mol. The SMILES string of the molecule is COC(=O)C1(CC2CC2)CCC(N2CC[C@@]3(C=Cc4ccccc43)[C@@H](C)C2)C1. The number of ether oxygens (including phenoxy) is 1. The van der Waals surface area contributed by atoms with E-state index in [1.807, 2.05) is 0 Å². The van der Waals surface area contributed by atoms with Crippen LogP contribution in [0.3, 0.4) is 0 Å². The molecule has 4 aliphatic rings. The Labute approximate surface area is 169 Å². The predicted octanol–water partition coefficient (Wildman–Crippen LogP) is 4.81. The fourth-order valence-corrected chi connectivity index (χ4v) is 6.51. The molecular weight excluding hydrogens is 346 g/mol. The summed E-state index contributed by atoms with van der Waals surface area (Å²) in [5, 5.41) is 0. The Morgan fingerprint density at radius 1 is 1.21 bits per heavy atom. The van der Waals surface area contributed by atoms with Crippen LogP contribution in [0.25, 0.3) is 6.08 Å². The summed E-state index contributed by atoms with van der Waals surface area (Å²) in [6.07, 6.45) is 12.8. The van der Waals surface area contributed by atoms with Crippen molar-refractivity contribution < 1.29 is 9.53 Å². The van der Waals surface area contributed by atoms with Crippen LogP contribution in [-0.2, 0) is 14.9 Å². The molecule has 4 atom stereocenters. The number of carbonyl (C=O) groups is 1. The fraction of sp³-hybridized carbons (Fsp3) is 0.640. The lowest BCUT2D eigenvalue weighted by molar-refractivity contribution is -0.153. The second-order valence-corrected chi connectivity index (χ2v) is 9.92. The number of esters is 1. The molecule has 1 heterocycles. The minimum Gasteiger partial charge on any atom is -0.469 e. The average Bonchev–Trinajstić information content (AvgIpc) is 3.29. The van der Waals surface area contributed by atoms with Gasteiger partial charge in [0.15, 0.2) is 0 Å². The molecule has 2 saturated carbocycles. The highest BCUT2D eigenvalue weighted by atomic mass is 16.5. The number of fused-ring (bicyclic) bond motifs is 2. The van der Waals surface area contributed by atoms with Gasteiger partial charge in [-0.1, -0.05) is 56.2 Å². The zero-order valence-corrected chi connectivity index (χ0v) is 17.3. The van der Waals surface area contributed by atoms with Crippen molar-refractivity contribution in [3.05, 3.63) is 41.5 Å². The van der Waals surface area contributed by atoms with Crippen LogP contribution >= 0.6 is 0 Å². The zero-order chi connectivity index (χ0) is 19.4. The molecule has 1 aliphatic heterocycles. The molecule has 0 radical (unpaired) electrons. The summed E-state index contributed by atoms with van der Waals surface area (Å²) in [6.45, 7) is 4.68. The highest BCUT2D eigenvalue weighted by Gasteiger charge is 2.52. The van der Waals surface area contributed by atoms with Crippen molar-refractivity contribution in [1.29, 1.82) is 0 Å². The standard InChI is InChI=1S/C25H33NO2/c1-18-17-26(14-13-25(18)12-9-20-5-3-4-6-22(20)25)21-10-11-24(16-21,23(27)28-2)15-19-7-8-19/h3-6,9,12,18-19,21H,7-8,10-11,13-17H2,1-2H3/t18-,21?,24?,25-/m0/s1. The molecule has 1 aromatic carbocycles. The first-order chi connectivity index (χ1) is 13.6. The van der Waals surface area contributed by atoms with Crippen LogP contribution in [0.2, 0.25) is 0 Å². The molecule has 150 valence electrons. The van der Waals surface area contributed by atoms with Gasteiger partial charge in [-0.15, -0.1) is 0 Å². The minimum absolute atomic E-state index is 0.0519. The van der Waals surface area contributed by atoms with E-state index in [1.54, 1.807) is 7.11 Å². The van der Waals surface area contributed by atoms with Gasteiger partial charge in [-0.25, -0.2) is 0 Å². The summed E-state index contributed by atoms with van der Waals surface area (Å²) in [5.41, 5.74) is 2.92. The van der Waals surface area contributed by atoms with Gasteiger partial charge in [-0.2, -0.15) is 0 Å². The first-order valence-electron chi connectivity index (χ1n) is 11.2. The third kappa shape index (κ3) is 2.85. The number of nitrogens with zero attached hydrogens (tertiary/aromatic N) is 1. The lowest BCUT2D eigenvalue weighted by atomic mass is 9.67. The third-order valence-corrected chi connectivity index (χ3v) is 8.32. The first kappa shape index (κ1) is 18.4. The van der Waals surface area contributed by atoms with Gasteiger partial charge < -0.3 is 4.74 Å². The lowest BCUT2D eigenvalue weighted by Crippen LogP contribution is -2.50. The van der Waals surface area contributed by atoms with Crippen molar-refractivity contribution in [1.82, 2.24) is 4.90 Å². The van der Waals surface area contributed by atoms with Crippen LogP contribution in [0.1, 0.15) is 63.0 Å². The maximum absolute atomic E-state index is 12.7. The molecule has 1 saturated heterocycles. The number of piperidine rings is 1. The van der Waals surface area contributed by atoms with Gasteiger partial charge in [-0.3, -0.25) is 9.69 Å². The smallest absolute Gasteiger partial charge is 0.311 e. The van der Waals surface area contributed by atoms with E-state index in [9.17, 15) is 4.79 Å². The summed E-state index contributed by atoms with van der Waals surface area (Å²) < 4.78 is 5.27. The molecule has 3 heteroatoms. The highest BCUT2D eigenvalue weighted by Crippen LogP contribution is 2.52. The summed E-state index contributed by atoms with van der Waals surface area (Å²) in [4.78, 5) is 15.4. The Balaban J connectivity index is 1.31. The maximum Gasteiger partial charge on any atom is 0.311 e. The molecule has 0 aromatic heterocycles. The van der Waals surface area contributed by atoms with Gasteiger partial charge in [0.2, 0.25) is 0 Å². The number of benzene rings is 1. The number of rotatable bonds is 4. The lowest BCUT2D eigenvalue weighted by Gasteiger charge is -2.46. The first-order valence-corrected chi connectivity index (χ1v) is 11.2. The Morgan fingerprint density at radius 3 is 2.79 bits per heavy atom. The van der Waals surface area contributed by atoms with Crippen molar-refractivity contribution >= 4 is 12.0 Å². The monoisotopic (exact) mass is 379 g/mol. The van der Waals surface area contributed by atoms with Crippen LogP contribution in [-0.4, -0.2) is 37.1 Å². The van der Waals surface area contributed by atoms with Crippen molar-refractivity contribution in [3.8, 4) is 0 Å². The molecule has 1 aromatic rings. The molecule has 2 unspecified atom stereocenters. The van der Waals surface area contributed by atoms with Gasteiger partial charge >= 0.3 is 5.97 Å². The van der Waals surface area contributed by atoms with Crippen molar-refractivity contribution in [2.75, 3.05) is 20.2 Å². The fourth-order valence-electron chi connectivity index (χ4n) is 6.51. The van der Waals surface area contributed by atoms with Crippen LogP contribution in [0.4, 0.5) is 0 Å². The molecule has 0 bridgehead atoms. The van der Waals surface area contributed by atoms with Gasteiger partial charge in [0, 0.05) is 18.0 Å². The van der Waals surface area contributed by atoms with Crippen LogP contribution in [0, 0.1) is 17.3 Å². The Bertz CT molecular complexity index is 797. The van der Waals surface area contributed by atoms with Gasteiger partial charge in [-0.05, 0) is 61.6 Å². The summed E-state index contributed by atoms with van der Waals surface area (Å²) in [6, 6.07) is 9.45. The minimum atomic E-state index is -0.210. The Morgan fingerprint density at radius 2 is 2.04 bits per heavy atom. The second kappa shape index (κ2) is 6.73. The Hall–Kier alpha value is -1.61. The van der Waals surface area contributed by atoms with E-state index < -0.39 is 0 Å². The molecule has 28 heavy (non-hydrogen) atoms. The van der Waals surface area contributed by atoms with E-state index in [2.05, 4.69) is 48.2 Å². The molecular formula is C25H33NO2. The number of carbonyl (C=O) groups excluding carboxylic acids is 1. The van der Waals surface area contributed by atoms with E-state index in [4.69, 9.17) is 4.74 Å². The molecule has 3 nitrogen and oxygen atoms in total. The molecule has 0 amide bonds. The summed E-state index contributed by atoms with van der Waals surface area (Å²) in [5.74, 6) is 1.41. The van der Waals surface area contributed by atoms with E-state index in [1.165, 1.54) is 30.4 Å². The third-order valence-electron chi connectivity index (χ3n) is 8.32. The van der Waals surface area contributed by atoms with Crippen LogP contribution in [0.5, 0.6) is 0 Å². The largest absolute Gasteiger partial charge is 0.469 e. The normalized spacial score (nSPS) is 37.4. The highest BCUT2D eigenvalue weighted by molar-refractivity contribution is 5.77. The summed E-state index contributed by atoms with van der Waals surface area (Å²) in [7, 11) is 1.57. The Kier molecular flexibility index (Phi) is 4.42. The van der Waals surface area contributed by atoms with Gasteiger partial charge in [0.25, 0.3) is 0 Å². The molecule has 5 rings (SSSR count). The number of methoxy groups -OCH3 is 1. The second-order valence-electron chi connectivity index (χ2n) is 9.92. The van der Waals surface area contributed by atoms with Crippen LogP contribution in [0.15, 0.2) is 30.3 Å². The van der Waals surface area contributed by atoms with Crippen LogP contribution < -0.4 is 0 Å². The van der Waals surface area contributed by atoms with Crippen molar-refractivity contribution in [2.45, 2.75) is 63.3 Å². The average molecular weight is 380 g/mol. The van der Waals surface area contributed by atoms with E-state index >= 15 is 0 Å². The van der Waals surface area contributed by atoms with E-state index in [-0.39, 0.29) is 16.8 Å². The quantitative estimate of drug-likeness (QED) is 0.704. The number of likely N-dealkylation sites (tertiary alicyclic amines) is 1. The van der Waals surface area contributed by atoms with E-state index in [0.29, 0.717) is 12.0 Å². The van der Waals surface area contributed by atoms with E-state index in [0.717, 1.165) is 44.7 Å². The molecule has 3 aliphatic carbocycles.